The molecule has 1 unspecified atom stereocenters. The standard InChI is InChI=1S/C15H16N2O2S/c1-10-3-4-11(2)12(9-10)17-7-6-16-15(17)20-13-5-8-19-14(13)18/h3-4,6-7,9,13H,5,8H2,1-2H3. The molecule has 0 radical (unpaired) electrons. The number of cyclic esters (lactones) is 1. The monoisotopic (exact) mass is 288 g/mol. The number of ether oxygens (including phenoxy) is 1. The molecule has 1 saturated heterocycles. The molecule has 1 atom stereocenters. The van der Waals surface area contributed by atoms with Crippen molar-refractivity contribution in [1.29, 1.82) is 0 Å². The summed E-state index contributed by atoms with van der Waals surface area (Å²) in [7, 11) is 0. The summed E-state index contributed by atoms with van der Waals surface area (Å²) in [4.78, 5) is 16.0. The minimum Gasteiger partial charge on any atom is -0.465 e. The van der Waals surface area contributed by atoms with E-state index in [1.807, 2.05) is 10.8 Å². The van der Waals surface area contributed by atoms with Gasteiger partial charge < -0.3 is 4.74 Å². The van der Waals surface area contributed by atoms with Crippen molar-refractivity contribution in [1.82, 2.24) is 9.55 Å². The summed E-state index contributed by atoms with van der Waals surface area (Å²) in [6.07, 6.45) is 4.46. The van der Waals surface area contributed by atoms with E-state index >= 15 is 0 Å². The van der Waals surface area contributed by atoms with Gasteiger partial charge in [-0.15, -0.1) is 0 Å². The number of nitrogens with zero attached hydrogens (tertiary/aromatic N) is 2. The quantitative estimate of drug-likeness (QED) is 0.815. The fourth-order valence-corrected chi connectivity index (χ4v) is 3.28. The first-order chi connectivity index (χ1) is 9.65. The highest BCUT2D eigenvalue weighted by molar-refractivity contribution is 8.00. The van der Waals surface area contributed by atoms with Crippen molar-refractivity contribution in [3.63, 3.8) is 0 Å². The largest absolute Gasteiger partial charge is 0.465 e. The number of imidazole rings is 1. The van der Waals surface area contributed by atoms with Crippen LogP contribution in [0.25, 0.3) is 5.69 Å². The third-order valence-corrected chi connectivity index (χ3v) is 4.59. The maximum absolute atomic E-state index is 11.6. The molecule has 2 heterocycles. The Hall–Kier alpha value is -1.75. The molecular weight excluding hydrogens is 272 g/mol. The molecule has 1 fully saturated rings. The molecule has 0 N–H and O–H groups in total. The van der Waals surface area contributed by atoms with Crippen LogP contribution in [0.2, 0.25) is 0 Å². The van der Waals surface area contributed by atoms with Crippen molar-refractivity contribution < 1.29 is 9.53 Å². The zero-order valence-electron chi connectivity index (χ0n) is 11.5. The van der Waals surface area contributed by atoms with Crippen molar-refractivity contribution in [2.24, 2.45) is 0 Å². The van der Waals surface area contributed by atoms with Crippen LogP contribution in [0.15, 0.2) is 35.7 Å². The van der Waals surface area contributed by atoms with Crippen molar-refractivity contribution >= 4 is 17.7 Å². The molecule has 1 aromatic carbocycles. The van der Waals surface area contributed by atoms with Gasteiger partial charge in [0.1, 0.15) is 5.25 Å². The van der Waals surface area contributed by atoms with Gasteiger partial charge in [0.05, 0.1) is 12.3 Å². The maximum atomic E-state index is 11.6. The number of thioether (sulfide) groups is 1. The molecule has 104 valence electrons. The lowest BCUT2D eigenvalue weighted by atomic mass is 10.1. The minimum atomic E-state index is -0.138. The van der Waals surface area contributed by atoms with E-state index in [4.69, 9.17) is 4.74 Å². The normalized spacial score (nSPS) is 18.3. The van der Waals surface area contributed by atoms with Crippen molar-refractivity contribution in [2.45, 2.75) is 30.7 Å². The van der Waals surface area contributed by atoms with Gasteiger partial charge in [0.15, 0.2) is 5.16 Å². The Bertz CT molecular complexity index is 651. The lowest BCUT2D eigenvalue weighted by Crippen LogP contribution is -2.11. The van der Waals surface area contributed by atoms with Crippen LogP contribution in [0.4, 0.5) is 0 Å². The fourth-order valence-electron chi connectivity index (χ4n) is 2.25. The molecule has 5 heteroatoms. The zero-order valence-corrected chi connectivity index (χ0v) is 12.3. The average Bonchev–Trinajstić information content (AvgIpc) is 3.03. The minimum absolute atomic E-state index is 0.134. The van der Waals surface area contributed by atoms with E-state index in [2.05, 4.69) is 37.0 Å². The van der Waals surface area contributed by atoms with E-state index in [1.54, 1.807) is 6.20 Å². The summed E-state index contributed by atoms with van der Waals surface area (Å²) in [5.41, 5.74) is 3.50. The van der Waals surface area contributed by atoms with Crippen LogP contribution in [0, 0.1) is 13.8 Å². The summed E-state index contributed by atoms with van der Waals surface area (Å²) in [6, 6.07) is 6.33. The predicted octanol–water partition coefficient (Wildman–Crippen LogP) is 2.90. The lowest BCUT2D eigenvalue weighted by molar-refractivity contribution is -0.137. The molecule has 0 aliphatic carbocycles. The Labute approximate surface area is 122 Å². The fraction of sp³-hybridized carbons (Fsp3) is 0.333. The van der Waals surface area contributed by atoms with E-state index in [0.29, 0.717) is 6.61 Å². The molecular formula is C15H16N2O2S. The number of rotatable bonds is 3. The number of carbonyl (C=O) groups is 1. The van der Waals surface area contributed by atoms with Crippen LogP contribution in [0.1, 0.15) is 17.5 Å². The molecule has 4 nitrogen and oxygen atoms in total. The Morgan fingerprint density at radius 2 is 2.25 bits per heavy atom. The highest BCUT2D eigenvalue weighted by Gasteiger charge is 2.29. The second-order valence-electron chi connectivity index (χ2n) is 4.93. The van der Waals surface area contributed by atoms with Crippen LogP contribution in [-0.4, -0.2) is 27.4 Å². The predicted molar refractivity (Wildman–Crippen MR) is 78.3 cm³/mol. The Morgan fingerprint density at radius 1 is 1.40 bits per heavy atom. The number of esters is 1. The van der Waals surface area contributed by atoms with Crippen molar-refractivity contribution in [2.75, 3.05) is 6.61 Å². The van der Waals surface area contributed by atoms with E-state index < -0.39 is 0 Å². The first-order valence-electron chi connectivity index (χ1n) is 6.59. The van der Waals surface area contributed by atoms with Gasteiger partial charge in [-0.3, -0.25) is 9.36 Å². The Balaban J connectivity index is 1.93. The number of hydrogen-bond acceptors (Lipinski definition) is 4. The Kier molecular flexibility index (Phi) is 3.53. The molecule has 0 amide bonds. The first kappa shape index (κ1) is 13.2. The molecule has 2 aromatic rings. The van der Waals surface area contributed by atoms with Gasteiger partial charge in [0.25, 0.3) is 0 Å². The van der Waals surface area contributed by atoms with Gasteiger partial charge in [-0.1, -0.05) is 23.9 Å². The Morgan fingerprint density at radius 3 is 3.00 bits per heavy atom. The van der Waals surface area contributed by atoms with Gasteiger partial charge in [-0.2, -0.15) is 0 Å². The van der Waals surface area contributed by atoms with E-state index in [9.17, 15) is 4.79 Å². The second-order valence-corrected chi connectivity index (χ2v) is 6.10. The SMILES string of the molecule is Cc1ccc(C)c(-n2ccnc2SC2CCOC2=O)c1. The van der Waals surface area contributed by atoms with Gasteiger partial charge in [-0.25, -0.2) is 4.98 Å². The molecule has 20 heavy (non-hydrogen) atoms. The number of carbonyl (C=O) groups excluding carboxylic acids is 1. The summed E-state index contributed by atoms with van der Waals surface area (Å²) >= 11 is 1.48. The van der Waals surface area contributed by atoms with Crippen LogP contribution >= 0.6 is 11.8 Å². The second kappa shape index (κ2) is 5.32. The number of aromatic nitrogens is 2. The van der Waals surface area contributed by atoms with E-state index in [0.717, 1.165) is 17.3 Å². The summed E-state index contributed by atoms with van der Waals surface area (Å²) in [5.74, 6) is -0.134. The van der Waals surface area contributed by atoms with Crippen molar-refractivity contribution in [3.8, 4) is 5.69 Å². The van der Waals surface area contributed by atoms with Gasteiger partial charge in [0.2, 0.25) is 0 Å². The van der Waals surface area contributed by atoms with Crippen LogP contribution in [0.3, 0.4) is 0 Å². The number of aryl methyl sites for hydroxylation is 2. The average molecular weight is 288 g/mol. The van der Waals surface area contributed by atoms with Crippen molar-refractivity contribution in [3.05, 3.63) is 41.7 Å². The molecule has 0 saturated carbocycles. The zero-order chi connectivity index (χ0) is 14.1. The van der Waals surface area contributed by atoms with Crippen LogP contribution in [0.5, 0.6) is 0 Å². The molecule has 0 spiro atoms. The van der Waals surface area contributed by atoms with Crippen LogP contribution in [-0.2, 0) is 9.53 Å². The summed E-state index contributed by atoms with van der Waals surface area (Å²) < 4.78 is 7.05. The molecule has 0 bridgehead atoms. The summed E-state index contributed by atoms with van der Waals surface area (Å²) in [5, 5.41) is 0.698. The third kappa shape index (κ3) is 2.45. The number of hydrogen-bond donors (Lipinski definition) is 0. The molecule has 1 aliphatic rings. The summed E-state index contributed by atoms with van der Waals surface area (Å²) in [6.45, 7) is 4.66. The molecule has 1 aliphatic heterocycles. The highest BCUT2D eigenvalue weighted by atomic mass is 32.2. The molecule has 3 rings (SSSR count). The smallest absolute Gasteiger partial charge is 0.319 e. The highest BCUT2D eigenvalue weighted by Crippen LogP contribution is 2.30. The molecule has 1 aromatic heterocycles. The number of benzene rings is 1. The van der Waals surface area contributed by atoms with Crippen LogP contribution < -0.4 is 0 Å². The van der Waals surface area contributed by atoms with E-state index in [1.165, 1.54) is 22.9 Å². The van der Waals surface area contributed by atoms with E-state index in [-0.39, 0.29) is 11.2 Å². The topological polar surface area (TPSA) is 44.1 Å². The third-order valence-electron chi connectivity index (χ3n) is 3.37. The van der Waals surface area contributed by atoms with Gasteiger partial charge in [-0.05, 0) is 31.0 Å². The lowest BCUT2D eigenvalue weighted by Gasteiger charge is -2.12. The maximum Gasteiger partial charge on any atom is 0.319 e. The first-order valence-corrected chi connectivity index (χ1v) is 7.47. The van der Waals surface area contributed by atoms with Gasteiger partial charge in [0, 0.05) is 18.8 Å². The van der Waals surface area contributed by atoms with Gasteiger partial charge >= 0.3 is 5.97 Å².